The van der Waals surface area contributed by atoms with Crippen molar-refractivity contribution in [1.29, 1.82) is 0 Å². The minimum Gasteiger partial charge on any atom is -0.0622 e. The monoisotopic (exact) mass is 166 g/mol. The lowest BCUT2D eigenvalue weighted by Crippen LogP contribution is -2.24. The topological polar surface area (TPSA) is 0 Å². The highest BCUT2D eigenvalue weighted by Gasteiger charge is 2.42. The molecule has 0 aliphatic heterocycles. The van der Waals surface area contributed by atoms with Gasteiger partial charge in [0.05, 0.1) is 0 Å². The minimum absolute atomic E-state index is 1.00. The van der Waals surface area contributed by atoms with Crippen LogP contribution in [0, 0.1) is 29.6 Å². The normalized spacial score (nSPS) is 53.8. The fraction of sp³-hybridized carbons (Fsp3) is 1.00. The molecule has 0 spiro atoms. The number of hydrogen-bond donors (Lipinski definition) is 0. The van der Waals surface area contributed by atoms with Crippen molar-refractivity contribution in [3.8, 4) is 0 Å². The first-order valence-electron chi connectivity index (χ1n) is 5.70. The van der Waals surface area contributed by atoms with E-state index in [2.05, 4.69) is 20.8 Å². The van der Waals surface area contributed by atoms with Gasteiger partial charge in [-0.15, -0.1) is 0 Å². The smallest absolute Gasteiger partial charge is 0.0355 e. The first-order chi connectivity index (χ1) is 5.70. The van der Waals surface area contributed by atoms with Crippen molar-refractivity contribution < 1.29 is 0 Å². The Kier molecular flexibility index (Phi) is 2.18. The summed E-state index contributed by atoms with van der Waals surface area (Å²) in [6, 6.07) is 0. The third kappa shape index (κ3) is 1.20. The second kappa shape index (κ2) is 3.05. The molecule has 0 radical (unpaired) electrons. The summed E-state index contributed by atoms with van der Waals surface area (Å²) in [5.41, 5.74) is 0. The van der Waals surface area contributed by atoms with E-state index < -0.39 is 0 Å². The van der Waals surface area contributed by atoms with Gasteiger partial charge in [0.15, 0.2) is 0 Å². The molecule has 2 rings (SSSR count). The van der Waals surface area contributed by atoms with Crippen molar-refractivity contribution in [2.24, 2.45) is 29.6 Å². The van der Waals surface area contributed by atoms with E-state index in [1.165, 1.54) is 25.7 Å². The molecule has 0 bridgehead atoms. The second-order valence-corrected chi connectivity index (χ2v) is 5.31. The molecule has 2 aliphatic carbocycles. The highest BCUT2D eigenvalue weighted by atomic mass is 14.5. The molecule has 70 valence electrons. The molecule has 0 aromatic heterocycles. The van der Waals surface area contributed by atoms with Gasteiger partial charge in [0.25, 0.3) is 0 Å². The quantitative estimate of drug-likeness (QED) is 0.514. The molecule has 0 saturated heterocycles. The average molecular weight is 166 g/mol. The van der Waals surface area contributed by atoms with Crippen molar-refractivity contribution in [1.82, 2.24) is 0 Å². The van der Waals surface area contributed by atoms with Crippen LogP contribution in [0.15, 0.2) is 0 Å². The van der Waals surface area contributed by atoms with Crippen LogP contribution in [0.4, 0.5) is 0 Å². The SMILES string of the molecule is CC1CC2C(CCC[C@@H]2C)[C@H]1C. The van der Waals surface area contributed by atoms with E-state index in [1.54, 1.807) is 0 Å². The summed E-state index contributed by atoms with van der Waals surface area (Å²) >= 11 is 0. The molecule has 12 heavy (non-hydrogen) atoms. The van der Waals surface area contributed by atoms with Gasteiger partial charge >= 0.3 is 0 Å². The van der Waals surface area contributed by atoms with Crippen molar-refractivity contribution >= 4 is 0 Å². The van der Waals surface area contributed by atoms with Crippen LogP contribution in [0.5, 0.6) is 0 Å². The molecule has 5 atom stereocenters. The lowest BCUT2D eigenvalue weighted by Gasteiger charge is -2.33. The van der Waals surface area contributed by atoms with Crippen molar-refractivity contribution in [3.05, 3.63) is 0 Å². The Hall–Kier alpha value is 0. The van der Waals surface area contributed by atoms with E-state index in [-0.39, 0.29) is 0 Å². The Morgan fingerprint density at radius 1 is 0.833 bits per heavy atom. The second-order valence-electron chi connectivity index (χ2n) is 5.31. The van der Waals surface area contributed by atoms with Crippen molar-refractivity contribution in [3.63, 3.8) is 0 Å². The molecule has 0 aromatic carbocycles. The van der Waals surface area contributed by atoms with E-state index >= 15 is 0 Å². The minimum atomic E-state index is 1.00. The lowest BCUT2D eigenvalue weighted by atomic mass is 9.73. The van der Waals surface area contributed by atoms with Gasteiger partial charge in [0.2, 0.25) is 0 Å². The van der Waals surface area contributed by atoms with E-state index in [1.807, 2.05) is 0 Å². The van der Waals surface area contributed by atoms with E-state index in [0.29, 0.717) is 0 Å². The summed E-state index contributed by atoms with van der Waals surface area (Å²) in [4.78, 5) is 0. The maximum absolute atomic E-state index is 2.48. The standard InChI is InChI=1S/C12H22/c1-8-5-4-6-11-10(3)9(2)7-12(8)11/h8-12H,4-7H2,1-3H3/t8-,9?,10-,11?,12?/m0/s1. The zero-order valence-electron chi connectivity index (χ0n) is 8.72. The third-order valence-corrected chi connectivity index (χ3v) is 4.69. The van der Waals surface area contributed by atoms with E-state index in [0.717, 1.165) is 29.6 Å². The number of rotatable bonds is 0. The molecule has 0 nitrogen and oxygen atoms in total. The molecule has 0 heterocycles. The highest BCUT2D eigenvalue weighted by molar-refractivity contribution is 4.91. The zero-order chi connectivity index (χ0) is 8.72. The van der Waals surface area contributed by atoms with Crippen LogP contribution in [-0.4, -0.2) is 0 Å². The van der Waals surface area contributed by atoms with Crippen LogP contribution in [-0.2, 0) is 0 Å². The van der Waals surface area contributed by atoms with Crippen LogP contribution in [0.3, 0.4) is 0 Å². The van der Waals surface area contributed by atoms with E-state index in [4.69, 9.17) is 0 Å². The fourth-order valence-corrected chi connectivity index (χ4v) is 3.65. The van der Waals surface area contributed by atoms with Gasteiger partial charge < -0.3 is 0 Å². The van der Waals surface area contributed by atoms with Gasteiger partial charge in [0, 0.05) is 0 Å². The Bertz CT molecular complexity index is 161. The Labute approximate surface area is 76.7 Å². The molecule has 2 fully saturated rings. The molecule has 0 amide bonds. The Morgan fingerprint density at radius 3 is 2.25 bits per heavy atom. The maximum atomic E-state index is 2.48. The summed E-state index contributed by atoms with van der Waals surface area (Å²) in [6.45, 7) is 7.41. The molecule has 0 heteroatoms. The maximum Gasteiger partial charge on any atom is -0.0355 e. The average Bonchev–Trinajstić information content (AvgIpc) is 2.32. The predicted molar refractivity (Wildman–Crippen MR) is 52.9 cm³/mol. The van der Waals surface area contributed by atoms with Crippen LogP contribution in [0.2, 0.25) is 0 Å². The molecular weight excluding hydrogens is 144 g/mol. The fourth-order valence-electron chi connectivity index (χ4n) is 3.65. The van der Waals surface area contributed by atoms with Gasteiger partial charge in [-0.25, -0.2) is 0 Å². The van der Waals surface area contributed by atoms with Crippen LogP contribution < -0.4 is 0 Å². The van der Waals surface area contributed by atoms with Gasteiger partial charge in [-0.3, -0.25) is 0 Å². The first kappa shape index (κ1) is 8.59. The molecule has 2 aliphatic rings. The largest absolute Gasteiger partial charge is 0.0622 e. The number of fused-ring (bicyclic) bond motifs is 1. The van der Waals surface area contributed by atoms with Crippen molar-refractivity contribution in [2.45, 2.75) is 46.5 Å². The van der Waals surface area contributed by atoms with Crippen LogP contribution in [0.25, 0.3) is 0 Å². The summed E-state index contributed by atoms with van der Waals surface area (Å²) in [6.07, 6.45) is 6.05. The van der Waals surface area contributed by atoms with Crippen LogP contribution in [0.1, 0.15) is 46.5 Å². The van der Waals surface area contributed by atoms with Gasteiger partial charge in [-0.1, -0.05) is 33.6 Å². The highest BCUT2D eigenvalue weighted by Crippen LogP contribution is 2.50. The summed E-state index contributed by atoms with van der Waals surface area (Å²) in [5.74, 6) is 5.21. The van der Waals surface area contributed by atoms with Gasteiger partial charge in [-0.2, -0.15) is 0 Å². The number of hydrogen-bond acceptors (Lipinski definition) is 0. The summed E-state index contributed by atoms with van der Waals surface area (Å²) in [5, 5.41) is 0. The van der Waals surface area contributed by atoms with Crippen molar-refractivity contribution in [2.75, 3.05) is 0 Å². The first-order valence-corrected chi connectivity index (χ1v) is 5.70. The molecule has 0 N–H and O–H groups in total. The van der Waals surface area contributed by atoms with Crippen LogP contribution >= 0.6 is 0 Å². The lowest BCUT2D eigenvalue weighted by molar-refractivity contribution is 0.170. The summed E-state index contributed by atoms with van der Waals surface area (Å²) in [7, 11) is 0. The molecular formula is C12H22. The van der Waals surface area contributed by atoms with Gasteiger partial charge in [-0.05, 0) is 42.4 Å². The molecule has 3 unspecified atom stereocenters. The summed E-state index contributed by atoms with van der Waals surface area (Å²) < 4.78 is 0. The third-order valence-electron chi connectivity index (χ3n) is 4.69. The molecule has 0 aromatic rings. The Morgan fingerprint density at radius 2 is 1.58 bits per heavy atom. The predicted octanol–water partition coefficient (Wildman–Crippen LogP) is 3.71. The zero-order valence-corrected chi connectivity index (χ0v) is 8.72. The molecule has 2 saturated carbocycles. The van der Waals surface area contributed by atoms with E-state index in [9.17, 15) is 0 Å². The van der Waals surface area contributed by atoms with Gasteiger partial charge in [0.1, 0.15) is 0 Å². The Balaban J connectivity index is 2.10.